The van der Waals surface area contributed by atoms with Crippen molar-refractivity contribution in [3.8, 4) is 23.0 Å². The van der Waals surface area contributed by atoms with Gasteiger partial charge in [0.2, 0.25) is 0 Å². The average Bonchev–Trinajstić information content (AvgIpc) is 3.19. The summed E-state index contributed by atoms with van der Waals surface area (Å²) in [6.07, 6.45) is 1.20. The maximum atomic E-state index is 12.2. The fraction of sp³-hybridized carbons (Fsp3) is 0.250. The SMILES string of the molecule is COc1ccc(-c2nnc(SCCCC(=O)c3ccc(Br)cc3)o2)c(OC)c1. The molecule has 0 unspecified atom stereocenters. The van der Waals surface area contributed by atoms with Crippen LogP contribution in [0.15, 0.2) is 56.6 Å². The highest BCUT2D eigenvalue weighted by molar-refractivity contribution is 9.10. The van der Waals surface area contributed by atoms with E-state index in [4.69, 9.17) is 13.9 Å². The number of carbonyl (C=O) groups excluding carboxylic acids is 1. The van der Waals surface area contributed by atoms with Crippen molar-refractivity contribution in [1.29, 1.82) is 0 Å². The Labute approximate surface area is 175 Å². The van der Waals surface area contributed by atoms with E-state index < -0.39 is 0 Å². The highest BCUT2D eigenvalue weighted by Crippen LogP contribution is 2.33. The molecule has 2 aromatic carbocycles. The van der Waals surface area contributed by atoms with Crippen molar-refractivity contribution < 1.29 is 18.7 Å². The van der Waals surface area contributed by atoms with Crippen molar-refractivity contribution in [3.63, 3.8) is 0 Å². The van der Waals surface area contributed by atoms with Gasteiger partial charge < -0.3 is 13.9 Å². The zero-order valence-electron chi connectivity index (χ0n) is 15.5. The van der Waals surface area contributed by atoms with Crippen molar-refractivity contribution in [2.45, 2.75) is 18.1 Å². The van der Waals surface area contributed by atoms with Gasteiger partial charge in [-0.2, -0.15) is 0 Å². The summed E-state index contributed by atoms with van der Waals surface area (Å²) < 4.78 is 17.2. The van der Waals surface area contributed by atoms with Crippen LogP contribution in [0.2, 0.25) is 0 Å². The first-order valence-electron chi connectivity index (χ1n) is 8.58. The van der Waals surface area contributed by atoms with Crippen LogP contribution < -0.4 is 9.47 Å². The van der Waals surface area contributed by atoms with Crippen molar-refractivity contribution in [1.82, 2.24) is 10.2 Å². The molecule has 3 aromatic rings. The third-order valence-electron chi connectivity index (χ3n) is 3.99. The lowest BCUT2D eigenvalue weighted by atomic mass is 10.1. The highest BCUT2D eigenvalue weighted by atomic mass is 79.9. The Hall–Kier alpha value is -2.32. The van der Waals surface area contributed by atoms with Gasteiger partial charge in [-0.3, -0.25) is 4.79 Å². The molecule has 0 N–H and O–H groups in total. The van der Waals surface area contributed by atoms with E-state index in [1.165, 1.54) is 11.8 Å². The molecule has 1 aromatic heterocycles. The standard InChI is InChI=1S/C20H19BrN2O4S/c1-25-15-9-10-16(18(12-15)26-2)19-22-23-20(27-19)28-11-3-4-17(24)13-5-7-14(21)8-6-13/h5-10,12H,3-4,11H2,1-2H3. The molecule has 8 heteroatoms. The Kier molecular flexibility index (Phi) is 7.11. The number of nitrogens with zero attached hydrogens (tertiary/aromatic N) is 2. The lowest BCUT2D eigenvalue weighted by Gasteiger charge is -2.07. The van der Waals surface area contributed by atoms with Gasteiger partial charge in [-0.1, -0.05) is 39.8 Å². The van der Waals surface area contributed by atoms with Gasteiger partial charge in [-0.05, 0) is 30.7 Å². The van der Waals surface area contributed by atoms with E-state index in [9.17, 15) is 4.79 Å². The van der Waals surface area contributed by atoms with E-state index >= 15 is 0 Å². The number of halogens is 1. The molecule has 0 spiro atoms. The molecule has 0 atom stereocenters. The predicted molar refractivity (Wildman–Crippen MR) is 111 cm³/mol. The number of rotatable bonds is 9. The zero-order chi connectivity index (χ0) is 19.9. The van der Waals surface area contributed by atoms with Gasteiger partial charge in [-0.15, -0.1) is 10.2 Å². The maximum Gasteiger partial charge on any atom is 0.276 e. The molecule has 0 amide bonds. The van der Waals surface area contributed by atoms with E-state index in [1.54, 1.807) is 20.3 Å². The summed E-state index contributed by atoms with van der Waals surface area (Å²) in [5.74, 6) is 2.50. The number of methoxy groups -OCH3 is 2. The maximum absolute atomic E-state index is 12.2. The second-order valence-corrected chi connectivity index (χ2v) is 7.78. The first kappa shape index (κ1) is 20.4. The van der Waals surface area contributed by atoms with Crippen LogP contribution in [0.25, 0.3) is 11.5 Å². The molecule has 0 aliphatic carbocycles. The Balaban J connectivity index is 1.54. The van der Waals surface area contributed by atoms with Gasteiger partial charge in [0, 0.05) is 28.3 Å². The number of ether oxygens (including phenoxy) is 2. The molecule has 0 fully saturated rings. The summed E-state index contributed by atoms with van der Waals surface area (Å²) in [5, 5.41) is 8.62. The second-order valence-electron chi connectivity index (χ2n) is 5.82. The monoisotopic (exact) mass is 462 g/mol. The topological polar surface area (TPSA) is 74.5 Å². The van der Waals surface area contributed by atoms with Crippen LogP contribution in [0.3, 0.4) is 0 Å². The Bertz CT molecular complexity index is 944. The Morgan fingerprint density at radius 3 is 2.61 bits per heavy atom. The van der Waals surface area contributed by atoms with E-state index in [2.05, 4.69) is 26.1 Å². The number of carbonyl (C=O) groups is 1. The number of hydrogen-bond acceptors (Lipinski definition) is 7. The van der Waals surface area contributed by atoms with Crippen LogP contribution in [0.4, 0.5) is 0 Å². The lowest BCUT2D eigenvalue weighted by molar-refractivity contribution is 0.0982. The van der Waals surface area contributed by atoms with Crippen molar-refractivity contribution in [2.24, 2.45) is 0 Å². The Morgan fingerprint density at radius 2 is 1.89 bits per heavy atom. The van der Waals surface area contributed by atoms with Gasteiger partial charge in [-0.25, -0.2) is 0 Å². The van der Waals surface area contributed by atoms with Crippen LogP contribution in [0, 0.1) is 0 Å². The van der Waals surface area contributed by atoms with E-state index in [1.807, 2.05) is 36.4 Å². The molecule has 146 valence electrons. The van der Waals surface area contributed by atoms with Crippen LogP contribution in [0.5, 0.6) is 11.5 Å². The molecular formula is C20H19BrN2O4S. The molecule has 1 heterocycles. The summed E-state index contributed by atoms with van der Waals surface area (Å²) in [6.45, 7) is 0. The van der Waals surface area contributed by atoms with Gasteiger partial charge >= 0.3 is 0 Å². The third kappa shape index (κ3) is 5.14. The first-order valence-corrected chi connectivity index (χ1v) is 10.4. The minimum absolute atomic E-state index is 0.127. The highest BCUT2D eigenvalue weighted by Gasteiger charge is 2.15. The molecule has 3 rings (SSSR count). The predicted octanol–water partition coefficient (Wildman–Crippen LogP) is 5.27. The lowest BCUT2D eigenvalue weighted by Crippen LogP contribution is -1.99. The number of Topliss-reactive ketones (excluding diaryl/α,β-unsaturated/α-hetero) is 1. The molecule has 0 bridgehead atoms. The fourth-order valence-corrected chi connectivity index (χ4v) is 3.49. The quantitative estimate of drug-likeness (QED) is 0.243. The fourth-order valence-electron chi connectivity index (χ4n) is 2.52. The number of aromatic nitrogens is 2. The summed E-state index contributed by atoms with van der Waals surface area (Å²) in [5.41, 5.74) is 1.42. The summed E-state index contributed by atoms with van der Waals surface area (Å²) >= 11 is 4.80. The van der Waals surface area contributed by atoms with Crippen molar-refractivity contribution >= 4 is 33.5 Å². The largest absolute Gasteiger partial charge is 0.497 e. The molecule has 0 aliphatic rings. The van der Waals surface area contributed by atoms with Gasteiger partial charge in [0.15, 0.2) is 5.78 Å². The Morgan fingerprint density at radius 1 is 1.11 bits per heavy atom. The van der Waals surface area contributed by atoms with Crippen molar-refractivity contribution in [3.05, 3.63) is 52.5 Å². The van der Waals surface area contributed by atoms with E-state index in [0.717, 1.165) is 16.5 Å². The number of thioether (sulfide) groups is 1. The zero-order valence-corrected chi connectivity index (χ0v) is 17.9. The number of hydrogen-bond donors (Lipinski definition) is 0. The molecule has 0 radical (unpaired) electrons. The van der Waals surface area contributed by atoms with E-state index in [0.29, 0.717) is 40.3 Å². The minimum Gasteiger partial charge on any atom is -0.497 e. The smallest absolute Gasteiger partial charge is 0.276 e. The molecule has 0 saturated heterocycles. The molecule has 0 aliphatic heterocycles. The molecular weight excluding hydrogens is 444 g/mol. The second kappa shape index (κ2) is 9.75. The normalized spacial score (nSPS) is 10.7. The third-order valence-corrected chi connectivity index (χ3v) is 5.42. The van der Waals surface area contributed by atoms with Crippen LogP contribution in [-0.4, -0.2) is 36.0 Å². The van der Waals surface area contributed by atoms with Crippen LogP contribution in [0.1, 0.15) is 23.2 Å². The van der Waals surface area contributed by atoms with Crippen molar-refractivity contribution in [2.75, 3.05) is 20.0 Å². The summed E-state index contributed by atoms with van der Waals surface area (Å²) in [6, 6.07) is 12.8. The summed E-state index contributed by atoms with van der Waals surface area (Å²) in [4.78, 5) is 12.2. The molecule has 0 saturated carbocycles. The molecule has 28 heavy (non-hydrogen) atoms. The number of ketones is 1. The van der Waals surface area contributed by atoms with Crippen LogP contribution in [-0.2, 0) is 0 Å². The molecule has 6 nitrogen and oxygen atoms in total. The first-order chi connectivity index (χ1) is 13.6. The minimum atomic E-state index is 0.127. The van der Waals surface area contributed by atoms with Gasteiger partial charge in [0.25, 0.3) is 11.1 Å². The average molecular weight is 463 g/mol. The van der Waals surface area contributed by atoms with E-state index in [-0.39, 0.29) is 5.78 Å². The van der Waals surface area contributed by atoms with Gasteiger partial charge in [0.1, 0.15) is 11.5 Å². The summed E-state index contributed by atoms with van der Waals surface area (Å²) in [7, 11) is 3.17. The van der Waals surface area contributed by atoms with Gasteiger partial charge in [0.05, 0.1) is 19.8 Å². The number of benzene rings is 2. The van der Waals surface area contributed by atoms with Crippen LogP contribution >= 0.6 is 27.7 Å².